The van der Waals surface area contributed by atoms with Gasteiger partial charge in [-0.2, -0.15) is 23.1 Å². The van der Waals surface area contributed by atoms with Gasteiger partial charge in [0.05, 0.1) is 25.3 Å². The third kappa shape index (κ3) is 9.82. The number of benzene rings is 2. The molecule has 0 bridgehead atoms. The predicted molar refractivity (Wildman–Crippen MR) is 195 cm³/mol. The number of alkyl halides is 3. The summed E-state index contributed by atoms with van der Waals surface area (Å²) < 4.78 is 49.2. The van der Waals surface area contributed by atoms with E-state index in [1.165, 1.54) is 18.2 Å². The molecule has 0 spiro atoms. The number of carbonyl (C=O) groups is 1. The minimum Gasteiger partial charge on any atom is -0.399 e. The van der Waals surface area contributed by atoms with Crippen molar-refractivity contribution in [3.8, 4) is 0 Å². The molecule has 1 amide bonds. The third-order valence-corrected chi connectivity index (χ3v) is 8.92. The second kappa shape index (κ2) is 16.8. The first kappa shape index (κ1) is 38.6. The summed E-state index contributed by atoms with van der Waals surface area (Å²) in [4.78, 5) is 32.3. The average Bonchev–Trinajstić information content (AvgIpc) is 3.47. The van der Waals surface area contributed by atoms with E-state index in [2.05, 4.69) is 24.8 Å². The van der Waals surface area contributed by atoms with Crippen LogP contribution in [0.15, 0.2) is 48.5 Å². The molecule has 7 N–H and O–H groups in total. The summed E-state index contributed by atoms with van der Waals surface area (Å²) in [5.41, 5.74) is 21.1. The van der Waals surface area contributed by atoms with E-state index >= 15 is 0 Å². The van der Waals surface area contributed by atoms with Crippen molar-refractivity contribution >= 4 is 64.0 Å². The molecule has 0 saturated carbocycles. The Balaban J connectivity index is 0.000000206. The molecule has 4 heterocycles. The van der Waals surface area contributed by atoms with Crippen LogP contribution in [0.2, 0.25) is 10.0 Å². The standard InChI is InChI=1S/C18H19ClF3N5O2.C16H20ClN5O/c1-10-7-15(26-17(23)24-10)27-5-2-6-29-9-14(27)12-8-11(3-4-13(12)19)25-16(28)18(20,21)22;1-10-7-15(21-16(19)20-10)22-5-2-6-23-9-14(22)12-8-11(18)3-4-13(12)17/h3-4,7-8,14H,2,5-6,9H2,1H3,(H,25,28)(H2,23,24,26);3-4,7-8,14H,2,5-6,9,18H2,1H3,(H2,19,20,21). The number of aryl methyl sites for hydroxylation is 2. The fourth-order valence-corrected chi connectivity index (χ4v) is 6.45. The van der Waals surface area contributed by atoms with E-state index in [0.29, 0.717) is 65.6 Å². The van der Waals surface area contributed by atoms with Crippen molar-refractivity contribution in [3.05, 3.63) is 81.1 Å². The van der Waals surface area contributed by atoms with Gasteiger partial charge in [0, 0.05) is 71.2 Å². The van der Waals surface area contributed by atoms with Crippen LogP contribution in [-0.2, 0) is 14.3 Å². The summed E-state index contributed by atoms with van der Waals surface area (Å²) >= 11 is 12.8. The molecule has 52 heavy (non-hydrogen) atoms. The zero-order chi connectivity index (χ0) is 37.6. The number of amides is 1. The van der Waals surface area contributed by atoms with Gasteiger partial charge in [-0.1, -0.05) is 23.2 Å². The van der Waals surface area contributed by atoms with Gasteiger partial charge in [-0.15, -0.1) is 0 Å². The molecule has 4 aromatic rings. The summed E-state index contributed by atoms with van der Waals surface area (Å²) in [6.45, 7) is 7.01. The van der Waals surface area contributed by atoms with Gasteiger partial charge in [0.15, 0.2) is 0 Å². The highest BCUT2D eigenvalue weighted by Crippen LogP contribution is 2.36. The van der Waals surface area contributed by atoms with E-state index in [1.54, 1.807) is 19.1 Å². The molecule has 2 aromatic carbocycles. The number of nitrogens with one attached hydrogen (secondary N) is 1. The van der Waals surface area contributed by atoms with Crippen molar-refractivity contribution in [2.45, 2.75) is 44.9 Å². The summed E-state index contributed by atoms with van der Waals surface area (Å²) in [6.07, 6.45) is -3.38. The van der Waals surface area contributed by atoms with E-state index in [9.17, 15) is 18.0 Å². The van der Waals surface area contributed by atoms with Crippen molar-refractivity contribution in [3.63, 3.8) is 0 Å². The fraction of sp³-hybridized carbons (Fsp3) is 0.382. The lowest BCUT2D eigenvalue weighted by atomic mass is 10.0. The second-order valence-electron chi connectivity index (χ2n) is 12.2. The van der Waals surface area contributed by atoms with E-state index in [-0.39, 0.29) is 30.2 Å². The number of nitrogen functional groups attached to an aromatic ring is 3. The van der Waals surface area contributed by atoms with Gasteiger partial charge >= 0.3 is 12.1 Å². The molecule has 2 fully saturated rings. The van der Waals surface area contributed by atoms with Crippen LogP contribution in [0.3, 0.4) is 0 Å². The number of halogens is 5. The van der Waals surface area contributed by atoms with Gasteiger partial charge in [-0.3, -0.25) is 4.79 Å². The van der Waals surface area contributed by atoms with Gasteiger partial charge in [-0.25, -0.2) is 9.97 Å². The lowest BCUT2D eigenvalue weighted by Crippen LogP contribution is -2.32. The Kier molecular flexibility index (Phi) is 12.5. The molecule has 0 radical (unpaired) electrons. The minimum absolute atomic E-state index is 0.0192. The van der Waals surface area contributed by atoms with Gasteiger partial charge in [0.1, 0.15) is 11.6 Å². The van der Waals surface area contributed by atoms with Crippen LogP contribution in [0.1, 0.15) is 47.4 Å². The Hall–Kier alpha value is -4.64. The molecule has 2 saturated heterocycles. The zero-order valence-electron chi connectivity index (χ0n) is 28.5. The van der Waals surface area contributed by atoms with Gasteiger partial charge < -0.3 is 41.8 Å². The van der Waals surface area contributed by atoms with Crippen LogP contribution in [0.25, 0.3) is 0 Å². The number of ether oxygens (including phenoxy) is 2. The molecule has 13 nitrogen and oxygen atoms in total. The molecular weight excluding hydrogens is 724 g/mol. The highest BCUT2D eigenvalue weighted by molar-refractivity contribution is 6.32. The Labute approximate surface area is 308 Å². The summed E-state index contributed by atoms with van der Waals surface area (Å²) in [6, 6.07) is 12.8. The van der Waals surface area contributed by atoms with Crippen molar-refractivity contribution in [2.75, 3.05) is 71.8 Å². The van der Waals surface area contributed by atoms with Crippen LogP contribution in [0.5, 0.6) is 0 Å². The summed E-state index contributed by atoms with van der Waals surface area (Å²) in [5.74, 6) is -0.335. The molecule has 278 valence electrons. The number of rotatable bonds is 5. The van der Waals surface area contributed by atoms with Crippen LogP contribution in [-0.4, -0.2) is 71.5 Å². The number of nitrogens with two attached hydrogens (primary N) is 3. The molecule has 18 heteroatoms. The lowest BCUT2D eigenvalue weighted by Gasteiger charge is -2.31. The van der Waals surface area contributed by atoms with Crippen LogP contribution >= 0.6 is 23.2 Å². The minimum atomic E-state index is -4.99. The third-order valence-electron chi connectivity index (χ3n) is 8.23. The summed E-state index contributed by atoms with van der Waals surface area (Å²) in [5, 5.41) is 2.84. The van der Waals surface area contributed by atoms with Crippen molar-refractivity contribution in [1.82, 2.24) is 19.9 Å². The Bertz CT molecular complexity index is 1850. The largest absolute Gasteiger partial charge is 0.471 e. The fourth-order valence-electron chi connectivity index (χ4n) is 5.96. The predicted octanol–water partition coefficient (Wildman–Crippen LogP) is 6.06. The first-order valence-corrected chi connectivity index (χ1v) is 17.1. The van der Waals surface area contributed by atoms with E-state index in [4.69, 9.17) is 49.9 Å². The summed E-state index contributed by atoms with van der Waals surface area (Å²) in [7, 11) is 0. The molecule has 2 aliphatic heterocycles. The quantitative estimate of drug-likeness (QED) is 0.173. The zero-order valence-corrected chi connectivity index (χ0v) is 30.0. The molecule has 2 atom stereocenters. The van der Waals surface area contributed by atoms with E-state index in [1.807, 2.05) is 35.3 Å². The number of nitrogens with zero attached hydrogens (tertiary/aromatic N) is 6. The highest BCUT2D eigenvalue weighted by atomic mass is 35.5. The molecule has 2 aliphatic rings. The number of anilines is 6. The van der Waals surface area contributed by atoms with Crippen molar-refractivity contribution in [1.29, 1.82) is 0 Å². The Morgan fingerprint density at radius 1 is 0.769 bits per heavy atom. The van der Waals surface area contributed by atoms with E-state index < -0.39 is 18.1 Å². The maximum absolute atomic E-state index is 12.6. The maximum Gasteiger partial charge on any atom is 0.471 e. The number of carbonyl (C=O) groups excluding carboxylic acids is 1. The normalized spacial score (nSPS) is 18.1. The van der Waals surface area contributed by atoms with E-state index in [0.717, 1.165) is 30.0 Å². The SMILES string of the molecule is Cc1cc(N2CCCOCC2c2cc(N)ccc2Cl)nc(N)n1.Cc1cc(N2CCCOCC2c2cc(NC(=O)C(F)(F)F)ccc2Cl)nc(N)n1. The number of hydrogen-bond acceptors (Lipinski definition) is 12. The van der Waals surface area contributed by atoms with Gasteiger partial charge in [-0.05, 0) is 74.2 Å². The van der Waals surface area contributed by atoms with Crippen LogP contribution in [0.4, 0.5) is 48.1 Å². The molecular formula is C34H39Cl2F3N10O3. The van der Waals surface area contributed by atoms with Gasteiger partial charge in [0.2, 0.25) is 11.9 Å². The van der Waals surface area contributed by atoms with Crippen molar-refractivity contribution in [2.24, 2.45) is 0 Å². The topological polar surface area (TPSA) is 184 Å². The number of aromatic nitrogens is 4. The van der Waals surface area contributed by atoms with Gasteiger partial charge in [0.25, 0.3) is 0 Å². The monoisotopic (exact) mass is 762 g/mol. The highest BCUT2D eigenvalue weighted by Gasteiger charge is 2.39. The maximum atomic E-state index is 12.6. The first-order chi connectivity index (χ1) is 24.7. The van der Waals surface area contributed by atoms with Crippen LogP contribution < -0.4 is 32.3 Å². The Morgan fingerprint density at radius 3 is 1.73 bits per heavy atom. The van der Waals surface area contributed by atoms with Crippen molar-refractivity contribution < 1.29 is 27.4 Å². The lowest BCUT2D eigenvalue weighted by molar-refractivity contribution is -0.167. The Morgan fingerprint density at radius 2 is 1.25 bits per heavy atom. The molecule has 6 rings (SSSR count). The smallest absolute Gasteiger partial charge is 0.399 e. The molecule has 2 unspecified atom stereocenters. The molecule has 2 aromatic heterocycles. The number of hydrogen-bond donors (Lipinski definition) is 4. The van der Waals surface area contributed by atoms with Crippen LogP contribution in [0, 0.1) is 13.8 Å². The first-order valence-electron chi connectivity index (χ1n) is 16.3. The second-order valence-corrected chi connectivity index (χ2v) is 13.0. The average molecular weight is 764 g/mol. The molecule has 0 aliphatic carbocycles.